The monoisotopic (exact) mass is 249 g/mol. The van der Waals surface area contributed by atoms with Crippen LogP contribution in [0.5, 0.6) is 0 Å². The van der Waals surface area contributed by atoms with Gasteiger partial charge < -0.3 is 5.32 Å². The number of nitrogens with zero attached hydrogens (tertiary/aromatic N) is 2. The fraction of sp³-hybridized carbons (Fsp3) is 0.167. The lowest BCUT2D eigenvalue weighted by atomic mass is 10.1. The molecule has 0 bridgehead atoms. The van der Waals surface area contributed by atoms with Crippen LogP contribution in [0.1, 0.15) is 0 Å². The van der Waals surface area contributed by atoms with Gasteiger partial charge in [0.1, 0.15) is 5.82 Å². The van der Waals surface area contributed by atoms with Gasteiger partial charge in [-0.25, -0.2) is 14.4 Å². The van der Waals surface area contributed by atoms with E-state index in [1.807, 2.05) is 0 Å². The molecule has 0 atom stereocenters. The van der Waals surface area contributed by atoms with Crippen LogP contribution in [0.15, 0.2) is 36.7 Å². The summed E-state index contributed by atoms with van der Waals surface area (Å²) in [5.41, 5.74) is 1.17. The largest absolute Gasteiger partial charge is 0.353 e. The Morgan fingerprint density at radius 2 is 1.88 bits per heavy atom. The van der Waals surface area contributed by atoms with Crippen LogP contribution >= 0.6 is 12.6 Å². The molecular formula is C12H12FN3S. The van der Waals surface area contributed by atoms with Crippen molar-refractivity contribution in [2.24, 2.45) is 0 Å². The molecule has 1 aromatic carbocycles. The Kier molecular flexibility index (Phi) is 3.93. The first-order chi connectivity index (χ1) is 8.31. The van der Waals surface area contributed by atoms with Crippen LogP contribution in [-0.2, 0) is 0 Å². The normalized spacial score (nSPS) is 10.2. The van der Waals surface area contributed by atoms with Crippen molar-refractivity contribution in [2.45, 2.75) is 0 Å². The minimum atomic E-state index is -0.271. The highest BCUT2D eigenvalue weighted by molar-refractivity contribution is 7.80. The van der Waals surface area contributed by atoms with Gasteiger partial charge in [0.15, 0.2) is 0 Å². The topological polar surface area (TPSA) is 37.8 Å². The second-order valence-corrected chi connectivity index (χ2v) is 3.87. The number of aromatic nitrogens is 2. The van der Waals surface area contributed by atoms with E-state index in [2.05, 4.69) is 27.9 Å². The second-order valence-electron chi connectivity index (χ2n) is 3.43. The van der Waals surface area contributed by atoms with Crippen molar-refractivity contribution in [3.63, 3.8) is 0 Å². The molecule has 2 rings (SSSR count). The molecule has 0 saturated heterocycles. The molecule has 0 spiro atoms. The van der Waals surface area contributed by atoms with Gasteiger partial charge in [0.2, 0.25) is 5.95 Å². The van der Waals surface area contributed by atoms with Gasteiger partial charge in [0, 0.05) is 35.8 Å². The molecule has 0 amide bonds. The van der Waals surface area contributed by atoms with Gasteiger partial charge in [0.25, 0.3) is 0 Å². The van der Waals surface area contributed by atoms with Gasteiger partial charge in [0.05, 0.1) is 0 Å². The van der Waals surface area contributed by atoms with E-state index in [1.165, 1.54) is 6.07 Å². The minimum absolute atomic E-state index is 0.271. The lowest BCUT2D eigenvalue weighted by Gasteiger charge is -2.04. The van der Waals surface area contributed by atoms with Gasteiger partial charge in [-0.3, -0.25) is 0 Å². The average Bonchev–Trinajstić information content (AvgIpc) is 2.38. The molecule has 0 unspecified atom stereocenters. The molecule has 0 aliphatic heterocycles. The summed E-state index contributed by atoms with van der Waals surface area (Å²) in [5.74, 6) is 0.963. The van der Waals surface area contributed by atoms with Crippen LogP contribution in [0.25, 0.3) is 11.1 Å². The number of hydrogen-bond acceptors (Lipinski definition) is 4. The number of hydrogen-bond donors (Lipinski definition) is 2. The summed E-state index contributed by atoms with van der Waals surface area (Å²) in [4.78, 5) is 8.22. The number of nitrogens with one attached hydrogen (secondary N) is 1. The second kappa shape index (κ2) is 5.63. The van der Waals surface area contributed by atoms with Gasteiger partial charge in [-0.1, -0.05) is 18.2 Å². The quantitative estimate of drug-likeness (QED) is 0.818. The van der Waals surface area contributed by atoms with E-state index in [9.17, 15) is 4.39 Å². The van der Waals surface area contributed by atoms with Crippen LogP contribution in [0.4, 0.5) is 10.3 Å². The number of thiol groups is 1. The molecule has 1 N–H and O–H groups in total. The number of benzene rings is 1. The van der Waals surface area contributed by atoms with Gasteiger partial charge in [-0.05, 0) is 6.07 Å². The number of halogens is 1. The van der Waals surface area contributed by atoms with Crippen LogP contribution in [0, 0.1) is 5.82 Å². The number of anilines is 1. The van der Waals surface area contributed by atoms with Crippen molar-refractivity contribution in [3.05, 3.63) is 42.5 Å². The van der Waals surface area contributed by atoms with Crippen LogP contribution < -0.4 is 5.32 Å². The summed E-state index contributed by atoms with van der Waals surface area (Å²) >= 11 is 4.07. The Labute approximate surface area is 105 Å². The SMILES string of the molecule is Fc1ccccc1-c1cnc(NCCS)nc1. The van der Waals surface area contributed by atoms with Crippen molar-refractivity contribution in [1.29, 1.82) is 0 Å². The summed E-state index contributed by atoms with van der Waals surface area (Å²) in [5, 5.41) is 3.00. The first-order valence-electron chi connectivity index (χ1n) is 5.23. The molecule has 88 valence electrons. The maximum atomic E-state index is 13.5. The fourth-order valence-electron chi connectivity index (χ4n) is 1.42. The first-order valence-corrected chi connectivity index (χ1v) is 5.86. The Balaban J connectivity index is 2.21. The van der Waals surface area contributed by atoms with E-state index in [1.54, 1.807) is 30.6 Å². The van der Waals surface area contributed by atoms with E-state index < -0.39 is 0 Å². The van der Waals surface area contributed by atoms with E-state index in [0.717, 1.165) is 0 Å². The third-order valence-corrected chi connectivity index (χ3v) is 2.46. The summed E-state index contributed by atoms with van der Waals surface area (Å²) < 4.78 is 13.5. The highest BCUT2D eigenvalue weighted by atomic mass is 32.1. The predicted octanol–water partition coefficient (Wildman–Crippen LogP) is 2.62. The summed E-state index contributed by atoms with van der Waals surface area (Å²) in [6, 6.07) is 6.56. The van der Waals surface area contributed by atoms with Crippen LogP contribution in [-0.4, -0.2) is 22.3 Å². The summed E-state index contributed by atoms with van der Waals surface area (Å²) in [6.07, 6.45) is 3.21. The zero-order valence-electron chi connectivity index (χ0n) is 9.10. The summed E-state index contributed by atoms with van der Waals surface area (Å²) in [6.45, 7) is 0.697. The minimum Gasteiger partial charge on any atom is -0.353 e. The van der Waals surface area contributed by atoms with Gasteiger partial charge in [-0.2, -0.15) is 12.6 Å². The molecule has 2 aromatic rings. The Morgan fingerprint density at radius 3 is 2.53 bits per heavy atom. The smallest absolute Gasteiger partial charge is 0.222 e. The molecule has 5 heteroatoms. The molecule has 0 aliphatic rings. The molecule has 3 nitrogen and oxygen atoms in total. The number of rotatable bonds is 4. The van der Waals surface area contributed by atoms with Crippen molar-refractivity contribution in [3.8, 4) is 11.1 Å². The van der Waals surface area contributed by atoms with E-state index >= 15 is 0 Å². The molecule has 1 aromatic heterocycles. The predicted molar refractivity (Wildman–Crippen MR) is 69.8 cm³/mol. The van der Waals surface area contributed by atoms with Crippen LogP contribution in [0.2, 0.25) is 0 Å². The zero-order valence-corrected chi connectivity index (χ0v) is 9.99. The molecule has 0 radical (unpaired) electrons. The van der Waals surface area contributed by atoms with Gasteiger partial charge >= 0.3 is 0 Å². The lowest BCUT2D eigenvalue weighted by Crippen LogP contribution is -2.05. The Morgan fingerprint density at radius 1 is 1.18 bits per heavy atom. The van der Waals surface area contributed by atoms with E-state index in [0.29, 0.717) is 29.4 Å². The first kappa shape index (κ1) is 11.9. The van der Waals surface area contributed by atoms with E-state index in [-0.39, 0.29) is 5.82 Å². The lowest BCUT2D eigenvalue weighted by molar-refractivity contribution is 0.631. The third kappa shape index (κ3) is 2.94. The van der Waals surface area contributed by atoms with Crippen molar-refractivity contribution in [1.82, 2.24) is 9.97 Å². The van der Waals surface area contributed by atoms with Gasteiger partial charge in [-0.15, -0.1) is 0 Å². The maximum absolute atomic E-state index is 13.5. The third-order valence-electron chi connectivity index (χ3n) is 2.23. The molecular weight excluding hydrogens is 237 g/mol. The molecule has 1 heterocycles. The molecule has 17 heavy (non-hydrogen) atoms. The maximum Gasteiger partial charge on any atom is 0.222 e. The highest BCUT2D eigenvalue weighted by Crippen LogP contribution is 2.21. The highest BCUT2D eigenvalue weighted by Gasteiger charge is 2.04. The molecule has 0 aliphatic carbocycles. The molecule has 0 fully saturated rings. The summed E-state index contributed by atoms with van der Waals surface area (Å²) in [7, 11) is 0. The Hall–Kier alpha value is -1.62. The molecule has 0 saturated carbocycles. The van der Waals surface area contributed by atoms with Crippen molar-refractivity contribution < 1.29 is 4.39 Å². The van der Waals surface area contributed by atoms with E-state index in [4.69, 9.17) is 0 Å². The van der Waals surface area contributed by atoms with Crippen molar-refractivity contribution in [2.75, 3.05) is 17.6 Å². The Bertz CT molecular complexity index is 487. The van der Waals surface area contributed by atoms with Crippen molar-refractivity contribution >= 4 is 18.6 Å². The standard InChI is InChI=1S/C12H12FN3S/c13-11-4-2-1-3-10(11)9-7-15-12(16-8-9)14-5-6-17/h1-4,7-8,17H,5-6H2,(H,14,15,16). The average molecular weight is 249 g/mol. The fourth-order valence-corrected chi connectivity index (χ4v) is 1.53. The zero-order chi connectivity index (χ0) is 12.1. The van der Waals surface area contributed by atoms with Crippen LogP contribution in [0.3, 0.4) is 0 Å².